The summed E-state index contributed by atoms with van der Waals surface area (Å²) in [4.78, 5) is 4.46. The molecule has 0 amide bonds. The van der Waals surface area contributed by atoms with Gasteiger partial charge in [0.15, 0.2) is 0 Å². The number of aryl methyl sites for hydroxylation is 1. The molecule has 0 N–H and O–H groups in total. The number of hydrogen-bond acceptors (Lipinski definition) is 1. The molecule has 1 heterocycles. The van der Waals surface area contributed by atoms with Gasteiger partial charge in [0.2, 0.25) is 0 Å². The number of pyridine rings is 1. The van der Waals surface area contributed by atoms with Gasteiger partial charge < -0.3 is 0 Å². The van der Waals surface area contributed by atoms with Crippen molar-refractivity contribution in [1.29, 1.82) is 0 Å². The van der Waals surface area contributed by atoms with Crippen molar-refractivity contribution in [2.24, 2.45) is 5.92 Å². The Morgan fingerprint density at radius 1 is 0.889 bits per heavy atom. The van der Waals surface area contributed by atoms with E-state index in [1.54, 1.807) is 0 Å². The largest absolute Gasteiger partial charge is 0.248 e. The average Bonchev–Trinajstić information content (AvgIpc) is 2.73. The summed E-state index contributed by atoms with van der Waals surface area (Å²) in [5.41, 5.74) is 4.72. The van der Waals surface area contributed by atoms with E-state index in [-0.39, 0.29) is 0 Å². The van der Waals surface area contributed by atoms with E-state index in [0.29, 0.717) is 0 Å². The second-order valence-electron chi connectivity index (χ2n) is 8.03. The van der Waals surface area contributed by atoms with Crippen molar-refractivity contribution in [2.45, 2.75) is 77.6 Å². The van der Waals surface area contributed by atoms with Gasteiger partial charge in [-0.25, -0.2) is 4.98 Å². The lowest BCUT2D eigenvalue weighted by Gasteiger charge is -2.28. The molecule has 1 saturated carbocycles. The van der Waals surface area contributed by atoms with E-state index in [1.807, 2.05) is 12.3 Å². The molecule has 0 aliphatic heterocycles. The molecule has 0 saturated heterocycles. The lowest BCUT2D eigenvalue weighted by molar-refractivity contribution is 0.304. The molecule has 1 heteroatoms. The molecule has 0 spiro atoms. The van der Waals surface area contributed by atoms with Crippen LogP contribution >= 0.6 is 0 Å². The first-order valence-electron chi connectivity index (χ1n) is 10.9. The lowest BCUT2D eigenvalue weighted by Crippen LogP contribution is -2.13. The van der Waals surface area contributed by atoms with E-state index < -0.39 is 0 Å². The quantitative estimate of drug-likeness (QED) is 0.511. The second kappa shape index (κ2) is 10.3. The van der Waals surface area contributed by atoms with E-state index in [2.05, 4.69) is 61.0 Å². The van der Waals surface area contributed by atoms with Crippen LogP contribution in [0.1, 0.15) is 93.5 Å². The third-order valence-corrected chi connectivity index (χ3v) is 5.89. The van der Waals surface area contributed by atoms with Gasteiger partial charge in [-0.15, -0.1) is 0 Å². The molecule has 1 aliphatic carbocycles. The van der Waals surface area contributed by atoms with Gasteiger partial charge in [0.05, 0.1) is 0 Å². The summed E-state index contributed by atoms with van der Waals surface area (Å²) in [6.07, 6.45) is 13.9. The van der Waals surface area contributed by atoms with Crippen LogP contribution in [-0.4, -0.2) is 4.98 Å². The van der Waals surface area contributed by atoms with Crippen molar-refractivity contribution in [2.75, 3.05) is 0 Å². The van der Waals surface area contributed by atoms with Gasteiger partial charge in [-0.2, -0.15) is 0 Å². The molecule has 1 aromatic carbocycles. The minimum Gasteiger partial charge on any atom is -0.248 e. The topological polar surface area (TPSA) is 12.9 Å². The fourth-order valence-electron chi connectivity index (χ4n) is 4.19. The summed E-state index contributed by atoms with van der Waals surface area (Å²) in [6, 6.07) is 13.1. The van der Waals surface area contributed by atoms with E-state index in [9.17, 15) is 0 Å². The molecule has 1 aliphatic rings. The number of hydrogen-bond donors (Lipinski definition) is 0. The summed E-state index contributed by atoms with van der Waals surface area (Å²) in [6.45, 7) is 4.49. The SMILES string of the molecule is CCCC[C@H]1CC[C@H](c2ccc(C#Cc3ccc(CCC)cn3)cc2)CC1. The molecule has 0 bridgehead atoms. The van der Waals surface area contributed by atoms with Crippen LogP contribution < -0.4 is 0 Å². The molecular formula is C26H33N. The maximum absolute atomic E-state index is 4.46. The van der Waals surface area contributed by atoms with Gasteiger partial charge in [0.25, 0.3) is 0 Å². The minimum atomic E-state index is 0.748. The first-order chi connectivity index (χ1) is 13.3. The Balaban J connectivity index is 1.55. The predicted molar refractivity (Wildman–Crippen MR) is 115 cm³/mol. The molecule has 27 heavy (non-hydrogen) atoms. The zero-order valence-electron chi connectivity index (χ0n) is 17.0. The van der Waals surface area contributed by atoms with Gasteiger partial charge in [0.1, 0.15) is 5.69 Å². The average molecular weight is 360 g/mol. The van der Waals surface area contributed by atoms with Gasteiger partial charge in [-0.1, -0.05) is 63.7 Å². The number of unbranched alkanes of at least 4 members (excludes halogenated alkanes) is 1. The smallest absolute Gasteiger partial charge is 0.113 e. The zero-order chi connectivity index (χ0) is 18.9. The fraction of sp³-hybridized carbons (Fsp3) is 0.500. The van der Waals surface area contributed by atoms with Crippen molar-refractivity contribution in [3.63, 3.8) is 0 Å². The van der Waals surface area contributed by atoms with E-state index in [0.717, 1.165) is 35.9 Å². The fourth-order valence-corrected chi connectivity index (χ4v) is 4.19. The van der Waals surface area contributed by atoms with Crippen LogP contribution in [0.15, 0.2) is 42.6 Å². The Bertz CT molecular complexity index is 738. The summed E-state index contributed by atoms with van der Waals surface area (Å²) >= 11 is 0. The third kappa shape index (κ3) is 5.96. The minimum absolute atomic E-state index is 0.748. The molecule has 0 radical (unpaired) electrons. The number of rotatable bonds is 6. The first-order valence-corrected chi connectivity index (χ1v) is 10.9. The van der Waals surface area contributed by atoms with Crippen LogP contribution in [0.5, 0.6) is 0 Å². The molecule has 142 valence electrons. The molecule has 2 aromatic rings. The van der Waals surface area contributed by atoms with Crippen molar-refractivity contribution >= 4 is 0 Å². The molecule has 0 unspecified atom stereocenters. The van der Waals surface area contributed by atoms with E-state index >= 15 is 0 Å². The molecule has 3 rings (SSSR count). The monoisotopic (exact) mass is 359 g/mol. The van der Waals surface area contributed by atoms with Crippen LogP contribution in [0.25, 0.3) is 0 Å². The van der Waals surface area contributed by atoms with Crippen LogP contribution in [-0.2, 0) is 6.42 Å². The second-order valence-corrected chi connectivity index (χ2v) is 8.03. The summed E-state index contributed by atoms with van der Waals surface area (Å²) < 4.78 is 0. The molecule has 1 fully saturated rings. The third-order valence-electron chi connectivity index (χ3n) is 5.89. The number of aromatic nitrogens is 1. The first kappa shape index (κ1) is 19.7. The maximum atomic E-state index is 4.46. The standard InChI is InChI=1S/C26H33N/c1-3-5-7-21-8-14-24(15-9-21)25-16-10-22(11-17-25)12-18-26-19-13-23(6-4-2)20-27-26/h10-11,13,16-17,19-21,24H,3-9,14-15H2,1-2H3/t21-,24-. The van der Waals surface area contributed by atoms with Crippen LogP contribution in [0.4, 0.5) is 0 Å². The molecule has 0 atom stereocenters. The maximum Gasteiger partial charge on any atom is 0.113 e. The highest BCUT2D eigenvalue weighted by Gasteiger charge is 2.21. The molecular weight excluding hydrogens is 326 g/mol. The van der Waals surface area contributed by atoms with Gasteiger partial charge in [0, 0.05) is 11.8 Å². The molecule has 1 nitrogen and oxygen atoms in total. The molecule has 1 aromatic heterocycles. The van der Waals surface area contributed by atoms with E-state index in [1.165, 1.54) is 56.1 Å². The summed E-state index contributed by atoms with van der Waals surface area (Å²) in [5.74, 6) is 8.18. The highest BCUT2D eigenvalue weighted by atomic mass is 14.7. The van der Waals surface area contributed by atoms with Gasteiger partial charge in [-0.05, 0) is 79.2 Å². The van der Waals surface area contributed by atoms with Crippen LogP contribution in [0.2, 0.25) is 0 Å². The van der Waals surface area contributed by atoms with Crippen LogP contribution in [0.3, 0.4) is 0 Å². The Hall–Kier alpha value is -2.07. The lowest BCUT2D eigenvalue weighted by atomic mass is 9.77. The van der Waals surface area contributed by atoms with Gasteiger partial charge in [-0.3, -0.25) is 0 Å². The Labute approximate surface area is 165 Å². The number of nitrogens with zero attached hydrogens (tertiary/aromatic N) is 1. The summed E-state index contributed by atoms with van der Waals surface area (Å²) in [5, 5.41) is 0. The highest BCUT2D eigenvalue weighted by molar-refractivity contribution is 5.41. The Morgan fingerprint density at radius 2 is 1.67 bits per heavy atom. The van der Waals surface area contributed by atoms with E-state index in [4.69, 9.17) is 0 Å². The van der Waals surface area contributed by atoms with Crippen molar-refractivity contribution in [1.82, 2.24) is 4.98 Å². The zero-order valence-corrected chi connectivity index (χ0v) is 17.0. The van der Waals surface area contributed by atoms with Crippen molar-refractivity contribution in [3.05, 3.63) is 65.0 Å². The number of benzene rings is 1. The highest BCUT2D eigenvalue weighted by Crippen LogP contribution is 2.37. The normalized spacial score (nSPS) is 19.3. The predicted octanol–water partition coefficient (Wildman–Crippen LogP) is 6.90. The Kier molecular flexibility index (Phi) is 7.52. The Morgan fingerprint density at radius 3 is 2.30 bits per heavy atom. The van der Waals surface area contributed by atoms with Gasteiger partial charge >= 0.3 is 0 Å². The summed E-state index contributed by atoms with van der Waals surface area (Å²) in [7, 11) is 0. The van der Waals surface area contributed by atoms with Crippen molar-refractivity contribution < 1.29 is 0 Å². The van der Waals surface area contributed by atoms with Crippen LogP contribution in [0, 0.1) is 17.8 Å². The van der Waals surface area contributed by atoms with Crippen molar-refractivity contribution in [3.8, 4) is 11.8 Å².